The van der Waals surface area contributed by atoms with Gasteiger partial charge in [0.15, 0.2) is 5.75 Å². The number of pyridine rings is 2. The van der Waals surface area contributed by atoms with Crippen molar-refractivity contribution < 1.29 is 4.74 Å². The Labute approximate surface area is 118 Å². The summed E-state index contributed by atoms with van der Waals surface area (Å²) in [6, 6.07) is 11.0. The molecule has 0 spiro atoms. The van der Waals surface area contributed by atoms with Crippen LogP contribution in [-0.4, -0.2) is 9.97 Å². The van der Waals surface area contributed by atoms with E-state index in [0.29, 0.717) is 22.7 Å². The normalized spacial score (nSPS) is 10.6. The Morgan fingerprint density at radius 3 is 2.84 bits per heavy atom. The van der Waals surface area contributed by atoms with Gasteiger partial charge in [0.1, 0.15) is 11.3 Å². The molecule has 0 aliphatic carbocycles. The van der Waals surface area contributed by atoms with Gasteiger partial charge in [-0.3, -0.25) is 4.98 Å². The molecule has 94 valence electrons. The van der Waals surface area contributed by atoms with E-state index in [0.717, 1.165) is 9.99 Å². The molecule has 0 aliphatic rings. The number of nitrogen functional groups attached to an aromatic ring is 1. The largest absolute Gasteiger partial charge is 0.455 e. The fourth-order valence-electron chi connectivity index (χ4n) is 1.77. The molecule has 0 amide bonds. The summed E-state index contributed by atoms with van der Waals surface area (Å²) in [5.41, 5.74) is 7.88. The third kappa shape index (κ3) is 2.51. The van der Waals surface area contributed by atoms with Gasteiger partial charge in [-0.1, -0.05) is 6.07 Å². The van der Waals surface area contributed by atoms with Crippen molar-refractivity contribution >= 4 is 32.7 Å². The minimum Gasteiger partial charge on any atom is -0.455 e. The van der Waals surface area contributed by atoms with Crippen LogP contribution in [0.4, 0.5) is 5.69 Å². The summed E-state index contributed by atoms with van der Waals surface area (Å²) >= 11 is 3.37. The third-order valence-electron chi connectivity index (χ3n) is 2.59. The van der Waals surface area contributed by atoms with Gasteiger partial charge in [0, 0.05) is 34.7 Å². The molecule has 0 unspecified atom stereocenters. The molecule has 2 N–H and O–H groups in total. The highest BCUT2D eigenvalue weighted by Crippen LogP contribution is 2.29. The standard InChI is InChI=1S/C14H10BrN3O/c15-9-6-12-14(18-8-9)13(4-5-17-12)19-11-3-1-2-10(16)7-11/h1-8H,16H2. The van der Waals surface area contributed by atoms with Crippen molar-refractivity contribution in [3.05, 3.63) is 53.3 Å². The minimum absolute atomic E-state index is 0.656. The predicted octanol–water partition coefficient (Wildman–Crippen LogP) is 3.77. The Morgan fingerprint density at radius 1 is 1.11 bits per heavy atom. The van der Waals surface area contributed by atoms with Gasteiger partial charge in [0.2, 0.25) is 0 Å². The van der Waals surface area contributed by atoms with Gasteiger partial charge in [0.25, 0.3) is 0 Å². The van der Waals surface area contributed by atoms with Crippen LogP contribution in [0, 0.1) is 0 Å². The summed E-state index contributed by atoms with van der Waals surface area (Å²) < 4.78 is 6.70. The first kappa shape index (κ1) is 11.9. The SMILES string of the molecule is Nc1cccc(Oc2ccnc3cc(Br)cnc23)c1. The Balaban J connectivity index is 2.06. The molecule has 3 rings (SSSR count). The number of ether oxygens (including phenoxy) is 1. The maximum absolute atomic E-state index is 5.81. The molecule has 3 aromatic rings. The zero-order chi connectivity index (χ0) is 13.2. The van der Waals surface area contributed by atoms with E-state index in [9.17, 15) is 0 Å². The van der Waals surface area contributed by atoms with Gasteiger partial charge in [-0.05, 0) is 34.1 Å². The predicted molar refractivity (Wildman–Crippen MR) is 78.2 cm³/mol. The van der Waals surface area contributed by atoms with Gasteiger partial charge >= 0.3 is 0 Å². The number of anilines is 1. The van der Waals surface area contributed by atoms with E-state index in [4.69, 9.17) is 10.5 Å². The van der Waals surface area contributed by atoms with Crippen LogP contribution < -0.4 is 10.5 Å². The van der Waals surface area contributed by atoms with Crippen molar-refractivity contribution in [1.29, 1.82) is 0 Å². The van der Waals surface area contributed by atoms with Gasteiger partial charge in [-0.15, -0.1) is 0 Å². The molecule has 1 aromatic carbocycles. The Bertz CT molecular complexity index is 746. The fraction of sp³-hybridized carbons (Fsp3) is 0. The fourth-order valence-corrected chi connectivity index (χ4v) is 2.09. The molecule has 2 aromatic heterocycles. The number of rotatable bonds is 2. The van der Waals surface area contributed by atoms with E-state index in [1.807, 2.05) is 24.3 Å². The van der Waals surface area contributed by atoms with Gasteiger partial charge in [-0.25, -0.2) is 4.98 Å². The van der Waals surface area contributed by atoms with Gasteiger partial charge in [-0.2, -0.15) is 0 Å². The van der Waals surface area contributed by atoms with Gasteiger partial charge in [0.05, 0.1) is 5.52 Å². The lowest BCUT2D eigenvalue weighted by Gasteiger charge is -2.08. The summed E-state index contributed by atoms with van der Waals surface area (Å²) in [4.78, 5) is 8.60. The number of hydrogen-bond acceptors (Lipinski definition) is 4. The molecule has 0 fully saturated rings. The summed E-state index contributed by atoms with van der Waals surface area (Å²) in [6.07, 6.45) is 3.41. The molecule has 2 heterocycles. The highest BCUT2D eigenvalue weighted by Gasteiger charge is 2.06. The molecule has 19 heavy (non-hydrogen) atoms. The zero-order valence-corrected chi connectivity index (χ0v) is 11.5. The van der Waals surface area contributed by atoms with Gasteiger partial charge < -0.3 is 10.5 Å². The smallest absolute Gasteiger partial charge is 0.156 e. The molecule has 0 radical (unpaired) electrons. The van der Waals surface area contributed by atoms with Crippen LogP contribution in [0.15, 0.2) is 53.3 Å². The minimum atomic E-state index is 0.656. The van der Waals surface area contributed by atoms with E-state index in [2.05, 4.69) is 25.9 Å². The second kappa shape index (κ2) is 4.85. The first-order valence-corrected chi connectivity index (χ1v) is 6.45. The average Bonchev–Trinajstić information content (AvgIpc) is 2.38. The monoisotopic (exact) mass is 315 g/mol. The molecule has 0 saturated heterocycles. The van der Waals surface area contributed by atoms with Crippen molar-refractivity contribution in [2.24, 2.45) is 0 Å². The maximum Gasteiger partial charge on any atom is 0.156 e. The lowest BCUT2D eigenvalue weighted by Crippen LogP contribution is -1.91. The molecular weight excluding hydrogens is 306 g/mol. The Kier molecular flexibility index (Phi) is 3.05. The quantitative estimate of drug-likeness (QED) is 0.731. The number of nitrogens with two attached hydrogens (primary N) is 1. The number of aromatic nitrogens is 2. The number of halogens is 1. The van der Waals surface area contributed by atoms with Crippen molar-refractivity contribution in [1.82, 2.24) is 9.97 Å². The average molecular weight is 316 g/mol. The zero-order valence-electron chi connectivity index (χ0n) is 9.88. The van der Waals surface area contributed by atoms with Crippen molar-refractivity contribution in [2.45, 2.75) is 0 Å². The molecular formula is C14H10BrN3O. The van der Waals surface area contributed by atoms with E-state index < -0.39 is 0 Å². The van der Waals surface area contributed by atoms with Crippen LogP contribution in [0.2, 0.25) is 0 Å². The van der Waals surface area contributed by atoms with Crippen LogP contribution in [-0.2, 0) is 0 Å². The molecule has 5 heteroatoms. The molecule has 0 saturated carbocycles. The topological polar surface area (TPSA) is 61.0 Å². The van der Waals surface area contributed by atoms with Crippen molar-refractivity contribution in [3.63, 3.8) is 0 Å². The first-order chi connectivity index (χ1) is 9.22. The maximum atomic E-state index is 5.81. The van der Waals surface area contributed by atoms with E-state index in [-0.39, 0.29) is 0 Å². The lowest BCUT2D eigenvalue weighted by atomic mass is 10.3. The number of nitrogens with zero attached hydrogens (tertiary/aromatic N) is 2. The Hall–Kier alpha value is -2.14. The van der Waals surface area contributed by atoms with Crippen molar-refractivity contribution in [2.75, 3.05) is 5.73 Å². The number of hydrogen-bond donors (Lipinski definition) is 1. The summed E-state index contributed by atoms with van der Waals surface area (Å²) in [7, 11) is 0. The van der Waals surface area contributed by atoms with E-state index in [1.54, 1.807) is 24.5 Å². The first-order valence-electron chi connectivity index (χ1n) is 5.66. The van der Waals surface area contributed by atoms with E-state index >= 15 is 0 Å². The highest BCUT2D eigenvalue weighted by molar-refractivity contribution is 9.10. The van der Waals surface area contributed by atoms with E-state index in [1.165, 1.54) is 0 Å². The number of fused-ring (bicyclic) bond motifs is 1. The lowest BCUT2D eigenvalue weighted by molar-refractivity contribution is 0.487. The molecule has 0 bridgehead atoms. The molecule has 4 nitrogen and oxygen atoms in total. The van der Waals surface area contributed by atoms with Crippen LogP contribution in [0.5, 0.6) is 11.5 Å². The van der Waals surface area contributed by atoms with Crippen LogP contribution in [0.3, 0.4) is 0 Å². The highest BCUT2D eigenvalue weighted by atomic mass is 79.9. The Morgan fingerprint density at radius 2 is 2.00 bits per heavy atom. The summed E-state index contributed by atoms with van der Waals surface area (Å²) in [6.45, 7) is 0. The molecule has 0 atom stereocenters. The van der Waals surface area contributed by atoms with Crippen molar-refractivity contribution in [3.8, 4) is 11.5 Å². The summed E-state index contributed by atoms with van der Waals surface area (Å²) in [5, 5.41) is 0. The second-order valence-electron chi connectivity index (χ2n) is 4.00. The van der Waals surface area contributed by atoms with Crippen LogP contribution in [0.1, 0.15) is 0 Å². The van der Waals surface area contributed by atoms with Crippen LogP contribution in [0.25, 0.3) is 11.0 Å². The molecule has 0 aliphatic heterocycles. The summed E-state index contributed by atoms with van der Waals surface area (Å²) in [5.74, 6) is 1.33. The second-order valence-corrected chi connectivity index (χ2v) is 4.92. The number of benzene rings is 1. The third-order valence-corrected chi connectivity index (χ3v) is 3.03. The van der Waals surface area contributed by atoms with Crippen LogP contribution >= 0.6 is 15.9 Å².